The molecule has 0 radical (unpaired) electrons. The molecule has 0 unspecified atom stereocenters. The van der Waals surface area contributed by atoms with Crippen LogP contribution in [0.4, 0.5) is 0 Å². The van der Waals surface area contributed by atoms with Crippen molar-refractivity contribution in [1.82, 2.24) is 25.6 Å². The zero-order valence-electron chi connectivity index (χ0n) is 17.6. The Bertz CT molecular complexity index is 1100. The fraction of sp³-hybridized carbons (Fsp3) is 0.238. The molecule has 1 heterocycles. The number of aromatic nitrogens is 3. The monoisotopic (exact) mass is 441 g/mol. The first-order valence-corrected chi connectivity index (χ1v) is 10.3. The molecule has 0 atom stereocenters. The molecule has 1 aromatic heterocycles. The Hall–Kier alpha value is -3.53. The molecule has 9 nitrogen and oxygen atoms in total. The molecule has 0 aliphatic rings. The molecule has 0 aliphatic heterocycles. The van der Waals surface area contributed by atoms with Gasteiger partial charge in [-0.1, -0.05) is 17.8 Å². The maximum atomic E-state index is 12.3. The van der Waals surface area contributed by atoms with E-state index in [1.807, 2.05) is 36.6 Å². The third-order valence-electron chi connectivity index (χ3n) is 4.58. The lowest BCUT2D eigenvalue weighted by atomic mass is 10.1. The van der Waals surface area contributed by atoms with Gasteiger partial charge in [-0.15, -0.1) is 10.2 Å². The van der Waals surface area contributed by atoms with Gasteiger partial charge in [0.25, 0.3) is 5.91 Å². The summed E-state index contributed by atoms with van der Waals surface area (Å²) < 4.78 is 12.1. The van der Waals surface area contributed by atoms with Crippen molar-refractivity contribution in [3.8, 4) is 17.2 Å². The van der Waals surface area contributed by atoms with Crippen molar-refractivity contribution in [3.63, 3.8) is 0 Å². The van der Waals surface area contributed by atoms with E-state index in [1.54, 1.807) is 18.5 Å². The lowest BCUT2D eigenvalue weighted by Crippen LogP contribution is -2.42. The number of ether oxygens (including phenoxy) is 2. The highest BCUT2D eigenvalue weighted by Gasteiger charge is 2.13. The van der Waals surface area contributed by atoms with E-state index in [0.717, 1.165) is 11.3 Å². The SMILES string of the molecule is COc1ccc(C(=O)NNC(=O)CSc2nncn2-c2ccc(C)c(C)c2)cc1OC. The number of benzene rings is 2. The highest BCUT2D eigenvalue weighted by molar-refractivity contribution is 7.99. The van der Waals surface area contributed by atoms with E-state index in [4.69, 9.17) is 9.47 Å². The van der Waals surface area contributed by atoms with Gasteiger partial charge in [0.15, 0.2) is 16.7 Å². The number of rotatable bonds is 7. The number of hydrazine groups is 1. The summed E-state index contributed by atoms with van der Waals surface area (Å²) in [5.41, 5.74) is 8.36. The highest BCUT2D eigenvalue weighted by atomic mass is 32.2. The number of carbonyl (C=O) groups is 2. The number of aryl methyl sites for hydroxylation is 2. The van der Waals surface area contributed by atoms with Crippen molar-refractivity contribution < 1.29 is 19.1 Å². The standard InChI is InChI=1S/C21H23N5O4S/c1-13-5-7-16(9-14(13)2)26-12-22-25-21(26)31-11-19(27)23-24-20(28)15-6-8-17(29-3)18(10-15)30-4/h5-10,12H,11H2,1-4H3,(H,23,27)(H,24,28). The first kappa shape index (κ1) is 22.2. The Morgan fingerprint density at radius 1 is 1.00 bits per heavy atom. The van der Waals surface area contributed by atoms with Gasteiger partial charge >= 0.3 is 0 Å². The minimum Gasteiger partial charge on any atom is -0.493 e. The molecule has 2 amide bonds. The van der Waals surface area contributed by atoms with Gasteiger partial charge in [-0.3, -0.25) is 25.0 Å². The summed E-state index contributed by atoms with van der Waals surface area (Å²) in [5.74, 6) is 0.122. The van der Waals surface area contributed by atoms with Gasteiger partial charge in [0.1, 0.15) is 6.33 Å². The van der Waals surface area contributed by atoms with Crippen LogP contribution in [-0.2, 0) is 4.79 Å². The summed E-state index contributed by atoms with van der Waals surface area (Å²) >= 11 is 1.21. The van der Waals surface area contributed by atoms with Crippen molar-refractivity contribution >= 4 is 23.6 Å². The van der Waals surface area contributed by atoms with Gasteiger partial charge in [0.05, 0.1) is 20.0 Å². The van der Waals surface area contributed by atoms with Crippen LogP contribution in [0.5, 0.6) is 11.5 Å². The third kappa shape index (κ3) is 5.34. The van der Waals surface area contributed by atoms with Crippen LogP contribution >= 0.6 is 11.8 Å². The van der Waals surface area contributed by atoms with Crippen LogP contribution < -0.4 is 20.3 Å². The average molecular weight is 442 g/mol. The second kappa shape index (κ2) is 9.98. The molecule has 3 aromatic rings. The van der Waals surface area contributed by atoms with Crippen LogP contribution in [-0.4, -0.2) is 46.6 Å². The Morgan fingerprint density at radius 2 is 1.77 bits per heavy atom. The van der Waals surface area contributed by atoms with Gasteiger partial charge in [0.2, 0.25) is 5.91 Å². The summed E-state index contributed by atoms with van der Waals surface area (Å²) in [6, 6.07) is 10.7. The largest absolute Gasteiger partial charge is 0.493 e. The summed E-state index contributed by atoms with van der Waals surface area (Å²) in [4.78, 5) is 24.5. The summed E-state index contributed by atoms with van der Waals surface area (Å²) in [7, 11) is 2.99. The molecule has 0 saturated heterocycles. The molecule has 162 valence electrons. The van der Waals surface area contributed by atoms with Gasteiger partial charge in [-0.05, 0) is 55.3 Å². The maximum absolute atomic E-state index is 12.3. The van der Waals surface area contributed by atoms with Crippen LogP contribution in [0.15, 0.2) is 47.9 Å². The molecule has 10 heteroatoms. The van der Waals surface area contributed by atoms with Crippen molar-refractivity contribution in [3.05, 3.63) is 59.4 Å². The fourth-order valence-electron chi connectivity index (χ4n) is 2.72. The van der Waals surface area contributed by atoms with Crippen LogP contribution in [0.3, 0.4) is 0 Å². The number of thioether (sulfide) groups is 1. The van der Waals surface area contributed by atoms with E-state index in [9.17, 15) is 9.59 Å². The summed E-state index contributed by atoms with van der Waals surface area (Å²) in [6.07, 6.45) is 1.60. The molecule has 31 heavy (non-hydrogen) atoms. The third-order valence-corrected chi connectivity index (χ3v) is 5.52. The van der Waals surface area contributed by atoms with E-state index >= 15 is 0 Å². The number of methoxy groups -OCH3 is 2. The van der Waals surface area contributed by atoms with Crippen molar-refractivity contribution in [2.45, 2.75) is 19.0 Å². The molecule has 0 spiro atoms. The van der Waals surface area contributed by atoms with Crippen LogP contribution in [0, 0.1) is 13.8 Å². The van der Waals surface area contributed by atoms with Gasteiger partial charge < -0.3 is 9.47 Å². The molecular formula is C21H23N5O4S. The number of hydrogen-bond acceptors (Lipinski definition) is 7. The minimum atomic E-state index is -0.474. The number of nitrogens with one attached hydrogen (secondary N) is 2. The molecule has 0 bridgehead atoms. The Morgan fingerprint density at radius 3 is 2.48 bits per heavy atom. The van der Waals surface area contributed by atoms with E-state index in [1.165, 1.54) is 37.6 Å². The predicted octanol–water partition coefficient (Wildman–Crippen LogP) is 2.45. The average Bonchev–Trinajstić information content (AvgIpc) is 3.26. The smallest absolute Gasteiger partial charge is 0.269 e. The molecule has 2 N–H and O–H groups in total. The van der Waals surface area contributed by atoms with Gasteiger partial charge in [-0.2, -0.15) is 0 Å². The number of hydrogen-bond donors (Lipinski definition) is 2. The maximum Gasteiger partial charge on any atom is 0.269 e. The van der Waals surface area contributed by atoms with Crippen LogP contribution in [0.1, 0.15) is 21.5 Å². The highest BCUT2D eigenvalue weighted by Crippen LogP contribution is 2.27. The molecule has 0 aliphatic carbocycles. The molecule has 2 aromatic carbocycles. The zero-order chi connectivity index (χ0) is 22.4. The summed E-state index contributed by atoms with van der Waals surface area (Å²) in [6.45, 7) is 4.08. The van der Waals surface area contributed by atoms with Gasteiger partial charge in [0, 0.05) is 11.3 Å². The molecule has 3 rings (SSSR count). The topological polar surface area (TPSA) is 107 Å². The first-order chi connectivity index (χ1) is 14.9. The number of nitrogens with zero attached hydrogens (tertiary/aromatic N) is 3. The van der Waals surface area contributed by atoms with E-state index in [0.29, 0.717) is 22.2 Å². The molecule has 0 fully saturated rings. The zero-order valence-corrected chi connectivity index (χ0v) is 18.4. The van der Waals surface area contributed by atoms with E-state index in [2.05, 4.69) is 21.0 Å². The fourth-order valence-corrected chi connectivity index (χ4v) is 3.45. The Kier molecular flexibility index (Phi) is 7.14. The van der Waals surface area contributed by atoms with Crippen molar-refractivity contribution in [1.29, 1.82) is 0 Å². The van der Waals surface area contributed by atoms with E-state index in [-0.39, 0.29) is 11.7 Å². The predicted molar refractivity (Wildman–Crippen MR) is 117 cm³/mol. The quantitative estimate of drug-likeness (QED) is 0.428. The second-order valence-electron chi connectivity index (χ2n) is 6.61. The number of amides is 2. The Labute approximate surface area is 184 Å². The first-order valence-electron chi connectivity index (χ1n) is 9.34. The summed E-state index contributed by atoms with van der Waals surface area (Å²) in [5, 5.41) is 8.59. The van der Waals surface area contributed by atoms with Crippen LogP contribution in [0.25, 0.3) is 5.69 Å². The van der Waals surface area contributed by atoms with Gasteiger partial charge in [-0.25, -0.2) is 0 Å². The lowest BCUT2D eigenvalue weighted by Gasteiger charge is -2.11. The minimum absolute atomic E-state index is 0.0513. The second-order valence-corrected chi connectivity index (χ2v) is 7.56. The Balaban J connectivity index is 1.56. The number of carbonyl (C=O) groups excluding carboxylic acids is 2. The molecular weight excluding hydrogens is 418 g/mol. The van der Waals surface area contributed by atoms with E-state index < -0.39 is 5.91 Å². The lowest BCUT2D eigenvalue weighted by molar-refractivity contribution is -0.119. The molecule has 0 saturated carbocycles. The van der Waals surface area contributed by atoms with Crippen LogP contribution in [0.2, 0.25) is 0 Å². The normalized spacial score (nSPS) is 10.5. The van der Waals surface area contributed by atoms with Crippen molar-refractivity contribution in [2.75, 3.05) is 20.0 Å². The van der Waals surface area contributed by atoms with Crippen molar-refractivity contribution in [2.24, 2.45) is 0 Å².